The van der Waals surface area contributed by atoms with Crippen molar-refractivity contribution in [1.29, 1.82) is 0 Å². The van der Waals surface area contributed by atoms with E-state index < -0.39 is 0 Å². The highest BCUT2D eigenvalue weighted by Gasteiger charge is 2.42. The Kier molecular flexibility index (Phi) is 4.17. The smallest absolute Gasteiger partial charge is 0.136 e. The second kappa shape index (κ2) is 5.92. The molecule has 2 nitrogen and oxygen atoms in total. The minimum atomic E-state index is -0.0632. The van der Waals surface area contributed by atoms with Gasteiger partial charge in [0, 0.05) is 18.3 Å². The van der Waals surface area contributed by atoms with Crippen LogP contribution in [0.5, 0.6) is 0 Å². The summed E-state index contributed by atoms with van der Waals surface area (Å²) in [6.07, 6.45) is 6.19. The number of hydrogen-bond acceptors (Lipinski definition) is 2. The molecule has 2 aliphatic rings. The number of para-hydroxylation sites is 1. The van der Waals surface area contributed by atoms with E-state index in [0.29, 0.717) is 0 Å². The summed E-state index contributed by atoms with van der Waals surface area (Å²) < 4.78 is 0. The molecule has 0 bridgehead atoms. The summed E-state index contributed by atoms with van der Waals surface area (Å²) in [6.45, 7) is 9.34. The fourth-order valence-electron chi connectivity index (χ4n) is 4.29. The zero-order chi connectivity index (χ0) is 14.9. The normalized spacial score (nSPS) is 29.3. The SMILES string of the molecule is CCC1=c2ccccc2=NC1(CC)N1CCCC(CC)C1. The average Bonchev–Trinajstić information content (AvgIpc) is 2.89. The van der Waals surface area contributed by atoms with Crippen molar-refractivity contribution in [1.82, 2.24) is 4.90 Å². The average molecular weight is 284 g/mol. The summed E-state index contributed by atoms with van der Waals surface area (Å²) in [6, 6.07) is 8.72. The third-order valence-electron chi connectivity index (χ3n) is 5.48. The number of piperidine rings is 1. The van der Waals surface area contributed by atoms with E-state index in [-0.39, 0.29) is 5.66 Å². The number of rotatable bonds is 4. The van der Waals surface area contributed by atoms with E-state index in [4.69, 9.17) is 4.99 Å². The number of likely N-dealkylation sites (tertiary alicyclic amines) is 1. The van der Waals surface area contributed by atoms with E-state index in [2.05, 4.69) is 49.9 Å². The lowest BCUT2D eigenvalue weighted by molar-refractivity contribution is 0.0793. The van der Waals surface area contributed by atoms with Crippen LogP contribution in [0.25, 0.3) is 5.57 Å². The predicted octanol–water partition coefficient (Wildman–Crippen LogP) is 3.11. The first-order valence-electron chi connectivity index (χ1n) is 8.68. The van der Waals surface area contributed by atoms with Gasteiger partial charge in [-0.3, -0.25) is 9.89 Å². The van der Waals surface area contributed by atoms with Gasteiger partial charge in [0.15, 0.2) is 0 Å². The Morgan fingerprint density at radius 2 is 2.05 bits per heavy atom. The van der Waals surface area contributed by atoms with Gasteiger partial charge in [-0.1, -0.05) is 45.4 Å². The molecule has 0 saturated carbocycles. The van der Waals surface area contributed by atoms with Crippen LogP contribution >= 0.6 is 0 Å². The van der Waals surface area contributed by atoms with Crippen molar-refractivity contribution < 1.29 is 0 Å². The van der Waals surface area contributed by atoms with Crippen LogP contribution in [-0.2, 0) is 0 Å². The van der Waals surface area contributed by atoms with Crippen molar-refractivity contribution in [3.05, 3.63) is 34.8 Å². The largest absolute Gasteiger partial charge is 0.276 e. The molecule has 0 spiro atoms. The molecule has 3 rings (SSSR count). The topological polar surface area (TPSA) is 15.6 Å². The molecule has 2 atom stereocenters. The van der Waals surface area contributed by atoms with E-state index in [1.165, 1.54) is 48.5 Å². The Balaban J connectivity index is 2.07. The van der Waals surface area contributed by atoms with E-state index in [1.54, 1.807) is 0 Å². The number of benzene rings is 1. The maximum Gasteiger partial charge on any atom is 0.136 e. The molecule has 2 heterocycles. The molecule has 1 aromatic carbocycles. The molecule has 0 amide bonds. The fourth-order valence-corrected chi connectivity index (χ4v) is 4.29. The van der Waals surface area contributed by atoms with Crippen LogP contribution in [0.4, 0.5) is 0 Å². The Hall–Kier alpha value is -1.15. The molecular formula is C19H28N2. The lowest BCUT2D eigenvalue weighted by Gasteiger charge is -2.45. The van der Waals surface area contributed by atoms with Crippen LogP contribution < -0.4 is 10.6 Å². The maximum absolute atomic E-state index is 5.24. The number of hydrogen-bond donors (Lipinski definition) is 0. The molecule has 114 valence electrons. The molecule has 1 saturated heterocycles. The molecule has 2 heteroatoms. The van der Waals surface area contributed by atoms with E-state index in [1.807, 2.05) is 0 Å². The Bertz CT molecular complexity index is 619. The van der Waals surface area contributed by atoms with Gasteiger partial charge in [-0.25, -0.2) is 0 Å². The predicted molar refractivity (Wildman–Crippen MR) is 88.5 cm³/mol. The van der Waals surface area contributed by atoms with Gasteiger partial charge in [0.25, 0.3) is 0 Å². The molecule has 0 radical (unpaired) electrons. The third kappa shape index (κ3) is 2.34. The van der Waals surface area contributed by atoms with Crippen molar-refractivity contribution in [2.75, 3.05) is 13.1 Å². The molecule has 21 heavy (non-hydrogen) atoms. The monoisotopic (exact) mass is 284 g/mol. The minimum Gasteiger partial charge on any atom is -0.276 e. The third-order valence-corrected chi connectivity index (χ3v) is 5.48. The Morgan fingerprint density at radius 3 is 2.76 bits per heavy atom. The summed E-state index contributed by atoms with van der Waals surface area (Å²) in [5, 5.41) is 2.59. The lowest BCUT2D eigenvalue weighted by atomic mass is 9.87. The van der Waals surface area contributed by atoms with Crippen molar-refractivity contribution in [2.24, 2.45) is 10.9 Å². The lowest BCUT2D eigenvalue weighted by Crippen LogP contribution is -2.51. The van der Waals surface area contributed by atoms with Crippen molar-refractivity contribution in [2.45, 2.75) is 58.5 Å². The first-order valence-corrected chi connectivity index (χ1v) is 8.68. The summed E-state index contributed by atoms with van der Waals surface area (Å²) >= 11 is 0. The molecular weight excluding hydrogens is 256 g/mol. The number of fused-ring (bicyclic) bond motifs is 1. The Labute approximate surface area is 128 Å². The molecule has 0 aliphatic carbocycles. The minimum absolute atomic E-state index is 0.0632. The first kappa shape index (κ1) is 14.8. The molecule has 0 N–H and O–H groups in total. The zero-order valence-electron chi connectivity index (χ0n) is 13.7. The van der Waals surface area contributed by atoms with Gasteiger partial charge < -0.3 is 0 Å². The van der Waals surface area contributed by atoms with Gasteiger partial charge in [0.2, 0.25) is 0 Å². The van der Waals surface area contributed by atoms with Crippen molar-refractivity contribution >= 4 is 5.57 Å². The van der Waals surface area contributed by atoms with Gasteiger partial charge >= 0.3 is 0 Å². The molecule has 1 aromatic rings. The molecule has 1 fully saturated rings. The zero-order valence-corrected chi connectivity index (χ0v) is 13.7. The summed E-state index contributed by atoms with van der Waals surface area (Å²) in [5.41, 5.74) is 1.48. The molecule has 2 aliphatic heterocycles. The fraction of sp³-hybridized carbons (Fsp3) is 0.632. The van der Waals surface area contributed by atoms with Crippen LogP contribution in [0.15, 0.2) is 29.3 Å². The van der Waals surface area contributed by atoms with E-state index in [0.717, 1.165) is 18.8 Å². The van der Waals surface area contributed by atoms with Crippen LogP contribution in [0.2, 0.25) is 0 Å². The molecule has 2 unspecified atom stereocenters. The number of nitrogens with zero attached hydrogens (tertiary/aromatic N) is 2. The van der Waals surface area contributed by atoms with Gasteiger partial charge in [-0.2, -0.15) is 0 Å². The summed E-state index contributed by atoms with van der Waals surface area (Å²) in [5.74, 6) is 0.846. The second-order valence-electron chi connectivity index (χ2n) is 6.49. The first-order chi connectivity index (χ1) is 10.2. The molecule has 0 aromatic heterocycles. The van der Waals surface area contributed by atoms with E-state index >= 15 is 0 Å². The van der Waals surface area contributed by atoms with Crippen LogP contribution in [0.1, 0.15) is 52.9 Å². The standard InChI is InChI=1S/C19H28N2/c1-4-15-10-9-13-21(14-15)19(6-3)17(5-2)16-11-7-8-12-18(16)20-19/h7-8,11-12,15H,4-6,9-10,13-14H2,1-3H3. The van der Waals surface area contributed by atoms with Crippen molar-refractivity contribution in [3.63, 3.8) is 0 Å². The van der Waals surface area contributed by atoms with Gasteiger partial charge in [0.05, 0.1) is 5.36 Å². The Morgan fingerprint density at radius 1 is 1.24 bits per heavy atom. The highest BCUT2D eigenvalue weighted by Crippen LogP contribution is 2.37. The highest BCUT2D eigenvalue weighted by molar-refractivity contribution is 5.58. The van der Waals surface area contributed by atoms with Crippen LogP contribution in [0.3, 0.4) is 0 Å². The van der Waals surface area contributed by atoms with Gasteiger partial charge in [-0.15, -0.1) is 0 Å². The quantitative estimate of drug-likeness (QED) is 0.829. The highest BCUT2D eigenvalue weighted by atomic mass is 15.3. The second-order valence-corrected chi connectivity index (χ2v) is 6.49. The summed E-state index contributed by atoms with van der Waals surface area (Å²) in [7, 11) is 0. The van der Waals surface area contributed by atoms with Crippen LogP contribution in [-0.4, -0.2) is 23.7 Å². The van der Waals surface area contributed by atoms with Crippen LogP contribution in [0, 0.1) is 5.92 Å². The van der Waals surface area contributed by atoms with Crippen molar-refractivity contribution in [3.8, 4) is 0 Å². The van der Waals surface area contributed by atoms with Gasteiger partial charge in [-0.05, 0) is 43.2 Å². The van der Waals surface area contributed by atoms with Gasteiger partial charge in [0.1, 0.15) is 5.66 Å². The maximum atomic E-state index is 5.24. The van der Waals surface area contributed by atoms with E-state index in [9.17, 15) is 0 Å². The summed E-state index contributed by atoms with van der Waals surface area (Å²) in [4.78, 5) is 7.92.